The number of rotatable bonds is 2. The Morgan fingerprint density at radius 2 is 1.39 bits per heavy atom. The summed E-state index contributed by atoms with van der Waals surface area (Å²) in [7, 11) is 0. The van der Waals surface area contributed by atoms with Crippen molar-refractivity contribution >= 4 is 11.9 Å². The molecule has 4 nitrogen and oxygen atoms in total. The molecule has 0 aliphatic heterocycles. The molecule has 6 aliphatic rings. The number of carbonyl (C=O) groups is 2. The van der Waals surface area contributed by atoms with Gasteiger partial charge in [-0.05, 0) is 93.3 Å². The molecular weight excluding hydrogens is 352 g/mol. The van der Waals surface area contributed by atoms with Crippen LogP contribution in [-0.4, -0.2) is 23.6 Å². The van der Waals surface area contributed by atoms with Crippen molar-refractivity contribution in [2.24, 2.45) is 65.1 Å². The third kappa shape index (κ3) is 2.13. The van der Waals surface area contributed by atoms with Gasteiger partial charge in [-0.25, -0.2) is 0 Å². The number of hydrogen-bond donors (Lipinski definition) is 0. The molecule has 5 fully saturated rings. The number of carbonyl (C=O) groups excluding carboxylic acids is 2. The fourth-order valence-corrected chi connectivity index (χ4v) is 9.25. The van der Waals surface area contributed by atoms with E-state index < -0.39 is 5.60 Å². The van der Waals surface area contributed by atoms with Gasteiger partial charge in [0.2, 0.25) is 0 Å². The van der Waals surface area contributed by atoms with E-state index in [-0.39, 0.29) is 24.0 Å². The molecule has 0 amide bonds. The summed E-state index contributed by atoms with van der Waals surface area (Å²) in [6.07, 6.45) is 8.46. The Labute approximate surface area is 167 Å². The number of esters is 2. The van der Waals surface area contributed by atoms with Gasteiger partial charge in [0.1, 0.15) is 11.7 Å². The number of hydrogen-bond acceptors (Lipinski definition) is 4. The number of fused-ring (bicyclic) bond motifs is 16. The van der Waals surface area contributed by atoms with Crippen LogP contribution >= 0.6 is 0 Å². The Kier molecular flexibility index (Phi) is 3.40. The minimum absolute atomic E-state index is 0.142. The standard InChI is InChI=1S/C24H32O4/c1-10(25)27-22-16-9-15(21(22)23(26)28-24(2,3)4)19-13-8-14(20(16)19)18-12-6-5-11(7-12)17(13)18/h5-6,11-22H,7-9H2,1-4H3. The van der Waals surface area contributed by atoms with Crippen molar-refractivity contribution in [3.8, 4) is 0 Å². The van der Waals surface area contributed by atoms with Crippen LogP contribution in [0.15, 0.2) is 12.2 Å². The summed E-state index contributed by atoms with van der Waals surface area (Å²) in [5, 5.41) is 0. The maximum Gasteiger partial charge on any atom is 0.313 e. The van der Waals surface area contributed by atoms with Crippen LogP contribution in [0.25, 0.3) is 0 Å². The lowest BCUT2D eigenvalue weighted by atomic mass is 9.58. The monoisotopic (exact) mass is 384 g/mol. The van der Waals surface area contributed by atoms with Crippen LogP contribution in [0.2, 0.25) is 0 Å². The zero-order chi connectivity index (χ0) is 19.5. The summed E-state index contributed by atoms with van der Waals surface area (Å²) in [5.41, 5.74) is -0.506. The molecule has 4 heteroatoms. The second-order valence-corrected chi connectivity index (χ2v) is 11.5. The predicted octanol–water partition coefficient (Wildman–Crippen LogP) is 3.85. The van der Waals surface area contributed by atoms with Crippen molar-refractivity contribution in [1.29, 1.82) is 0 Å². The summed E-state index contributed by atoms with van der Waals surface area (Å²) < 4.78 is 11.6. The van der Waals surface area contributed by atoms with E-state index in [1.165, 1.54) is 19.8 Å². The van der Waals surface area contributed by atoms with E-state index in [0.29, 0.717) is 23.7 Å². The summed E-state index contributed by atoms with van der Waals surface area (Å²) in [4.78, 5) is 25.1. The second-order valence-electron chi connectivity index (χ2n) is 11.5. The van der Waals surface area contributed by atoms with E-state index >= 15 is 0 Å². The second kappa shape index (κ2) is 5.43. The zero-order valence-electron chi connectivity index (χ0n) is 17.3. The molecule has 0 spiro atoms. The molecule has 0 aromatic rings. The fraction of sp³-hybridized carbons (Fsp3) is 0.833. The molecule has 0 N–H and O–H groups in total. The third-order valence-electron chi connectivity index (χ3n) is 9.30. The number of allylic oxidation sites excluding steroid dienone is 2. The highest BCUT2D eigenvalue weighted by Crippen LogP contribution is 2.76. The maximum atomic E-state index is 13.2. The van der Waals surface area contributed by atoms with Gasteiger partial charge < -0.3 is 9.47 Å². The predicted molar refractivity (Wildman–Crippen MR) is 103 cm³/mol. The van der Waals surface area contributed by atoms with E-state index in [0.717, 1.165) is 41.9 Å². The highest BCUT2D eigenvalue weighted by Gasteiger charge is 2.74. The Balaban J connectivity index is 1.34. The Hall–Kier alpha value is -1.32. The lowest BCUT2D eigenvalue weighted by Gasteiger charge is -2.47. The summed E-state index contributed by atoms with van der Waals surface area (Å²) in [6.45, 7) is 7.25. The van der Waals surface area contributed by atoms with Gasteiger partial charge in [-0.15, -0.1) is 0 Å². The van der Waals surface area contributed by atoms with Crippen molar-refractivity contribution in [3.63, 3.8) is 0 Å². The molecule has 12 unspecified atom stereocenters. The normalized spacial score (nSPS) is 54.1. The maximum absolute atomic E-state index is 13.2. The topological polar surface area (TPSA) is 52.6 Å². The summed E-state index contributed by atoms with van der Waals surface area (Å²) >= 11 is 0. The third-order valence-corrected chi connectivity index (χ3v) is 9.30. The molecule has 12 atom stereocenters. The minimum Gasteiger partial charge on any atom is -0.461 e. The molecule has 0 aromatic heterocycles. The minimum atomic E-state index is -0.506. The van der Waals surface area contributed by atoms with E-state index in [1.54, 1.807) is 0 Å². The molecule has 28 heavy (non-hydrogen) atoms. The van der Waals surface area contributed by atoms with Gasteiger partial charge in [-0.1, -0.05) is 12.2 Å². The molecule has 0 saturated heterocycles. The highest BCUT2D eigenvalue weighted by molar-refractivity contribution is 5.76. The Morgan fingerprint density at radius 1 is 0.821 bits per heavy atom. The largest absolute Gasteiger partial charge is 0.461 e. The molecule has 5 saturated carbocycles. The van der Waals surface area contributed by atoms with Crippen molar-refractivity contribution in [3.05, 3.63) is 12.2 Å². The van der Waals surface area contributed by atoms with Crippen molar-refractivity contribution in [2.45, 2.75) is 58.7 Å². The average molecular weight is 385 g/mol. The van der Waals surface area contributed by atoms with Gasteiger partial charge in [0.25, 0.3) is 0 Å². The molecule has 6 aliphatic carbocycles. The van der Waals surface area contributed by atoms with E-state index in [4.69, 9.17) is 9.47 Å². The van der Waals surface area contributed by atoms with Gasteiger partial charge in [0.05, 0.1) is 5.92 Å². The smallest absolute Gasteiger partial charge is 0.313 e. The summed E-state index contributed by atoms with van der Waals surface area (Å²) in [6, 6.07) is 0. The van der Waals surface area contributed by atoms with Crippen LogP contribution in [-0.2, 0) is 19.1 Å². The molecule has 0 heterocycles. The van der Waals surface area contributed by atoms with Crippen LogP contribution < -0.4 is 0 Å². The van der Waals surface area contributed by atoms with E-state index in [9.17, 15) is 9.59 Å². The first-order valence-electron chi connectivity index (χ1n) is 11.3. The zero-order valence-corrected chi connectivity index (χ0v) is 17.3. The molecule has 0 aromatic carbocycles. The lowest BCUT2D eigenvalue weighted by Crippen LogP contribution is -2.50. The molecule has 0 radical (unpaired) electrons. The van der Waals surface area contributed by atoms with Crippen LogP contribution in [0.3, 0.4) is 0 Å². The first-order valence-corrected chi connectivity index (χ1v) is 11.3. The van der Waals surface area contributed by atoms with Crippen LogP contribution in [0, 0.1) is 65.1 Å². The van der Waals surface area contributed by atoms with Crippen LogP contribution in [0.5, 0.6) is 0 Å². The van der Waals surface area contributed by atoms with Gasteiger partial charge in [-0.3, -0.25) is 9.59 Å². The first kappa shape index (κ1) is 17.5. The SMILES string of the molecule is CC(=O)OC1C2CC(C1C(=O)OC(C)(C)C)C1C3CC(C4C5C=CC(C5)C34)C21. The van der Waals surface area contributed by atoms with Gasteiger partial charge in [0, 0.05) is 12.8 Å². The fourth-order valence-electron chi connectivity index (χ4n) is 9.25. The lowest BCUT2D eigenvalue weighted by molar-refractivity contribution is -0.177. The van der Waals surface area contributed by atoms with Gasteiger partial charge in [0.15, 0.2) is 0 Å². The van der Waals surface area contributed by atoms with Crippen LogP contribution in [0.1, 0.15) is 47.0 Å². The molecular formula is C24H32O4. The van der Waals surface area contributed by atoms with Gasteiger partial charge in [-0.2, -0.15) is 0 Å². The Morgan fingerprint density at radius 3 is 1.96 bits per heavy atom. The van der Waals surface area contributed by atoms with Gasteiger partial charge >= 0.3 is 11.9 Å². The quantitative estimate of drug-likeness (QED) is 0.412. The molecule has 6 bridgehead atoms. The average Bonchev–Trinajstić information content (AvgIpc) is 3.36. The van der Waals surface area contributed by atoms with Crippen molar-refractivity contribution in [1.82, 2.24) is 0 Å². The Bertz CT molecular complexity index is 763. The molecule has 152 valence electrons. The summed E-state index contributed by atoms with van der Waals surface area (Å²) in [5.74, 6) is 6.19. The molecule has 6 rings (SSSR count). The van der Waals surface area contributed by atoms with Crippen molar-refractivity contribution < 1.29 is 19.1 Å². The van der Waals surface area contributed by atoms with E-state index in [1.807, 2.05) is 20.8 Å². The highest BCUT2D eigenvalue weighted by atomic mass is 16.6. The van der Waals surface area contributed by atoms with E-state index in [2.05, 4.69) is 12.2 Å². The number of ether oxygens (including phenoxy) is 2. The van der Waals surface area contributed by atoms with Crippen LogP contribution in [0.4, 0.5) is 0 Å². The van der Waals surface area contributed by atoms with Crippen molar-refractivity contribution in [2.75, 3.05) is 0 Å². The first-order chi connectivity index (χ1) is 13.2.